The second kappa shape index (κ2) is 5.81. The lowest BCUT2D eigenvalue weighted by atomic mass is 10.2. The van der Waals surface area contributed by atoms with E-state index in [1.807, 2.05) is 17.7 Å². The van der Waals surface area contributed by atoms with Gasteiger partial charge in [-0.1, -0.05) is 6.07 Å². The van der Waals surface area contributed by atoms with E-state index in [1.54, 1.807) is 0 Å². The predicted octanol–water partition coefficient (Wildman–Crippen LogP) is 1.51. The van der Waals surface area contributed by atoms with E-state index in [2.05, 4.69) is 49.4 Å². The molecule has 0 aliphatic carbocycles. The fraction of sp³-hybridized carbons (Fsp3) is 0.538. The van der Waals surface area contributed by atoms with Crippen LogP contribution in [0.15, 0.2) is 23.8 Å². The number of rotatable bonds is 5. The summed E-state index contributed by atoms with van der Waals surface area (Å²) in [6.45, 7) is 7.28. The zero-order valence-electron chi connectivity index (χ0n) is 11.1. The van der Waals surface area contributed by atoms with E-state index >= 15 is 0 Å². The molecule has 1 unspecified atom stereocenters. The number of fused-ring (bicyclic) bond motifs is 1. The van der Waals surface area contributed by atoms with Crippen LogP contribution in [0.5, 0.6) is 0 Å². The standard InChI is InChI=1S/C13H19N5S/c1-11(12-3-2-8-19-12)14-4-5-17-6-7-18-10-15-16-13(18)9-17/h2-3,8,10-11,14H,4-7,9H2,1H3. The van der Waals surface area contributed by atoms with Gasteiger partial charge in [-0.25, -0.2) is 0 Å². The van der Waals surface area contributed by atoms with Crippen molar-refractivity contribution in [3.63, 3.8) is 0 Å². The molecule has 0 amide bonds. The second-order valence-corrected chi connectivity index (χ2v) is 5.89. The van der Waals surface area contributed by atoms with Gasteiger partial charge in [-0.3, -0.25) is 4.90 Å². The number of nitrogens with zero attached hydrogens (tertiary/aromatic N) is 4. The zero-order valence-corrected chi connectivity index (χ0v) is 11.9. The van der Waals surface area contributed by atoms with Crippen molar-refractivity contribution in [1.82, 2.24) is 25.0 Å². The molecule has 0 saturated heterocycles. The van der Waals surface area contributed by atoms with Crippen LogP contribution in [0, 0.1) is 0 Å². The maximum atomic E-state index is 4.14. The monoisotopic (exact) mass is 277 g/mol. The highest BCUT2D eigenvalue weighted by Crippen LogP contribution is 2.17. The Morgan fingerprint density at radius 2 is 2.42 bits per heavy atom. The van der Waals surface area contributed by atoms with Gasteiger partial charge in [0.15, 0.2) is 0 Å². The quantitative estimate of drug-likeness (QED) is 0.900. The lowest BCUT2D eigenvalue weighted by Gasteiger charge is -2.27. The summed E-state index contributed by atoms with van der Waals surface area (Å²) in [4.78, 5) is 3.83. The van der Waals surface area contributed by atoms with Gasteiger partial charge in [0, 0.05) is 37.1 Å². The van der Waals surface area contributed by atoms with Crippen molar-refractivity contribution < 1.29 is 0 Å². The van der Waals surface area contributed by atoms with Crippen LogP contribution in [0.4, 0.5) is 0 Å². The van der Waals surface area contributed by atoms with Crippen LogP contribution in [-0.4, -0.2) is 39.3 Å². The van der Waals surface area contributed by atoms with Crippen LogP contribution < -0.4 is 5.32 Å². The van der Waals surface area contributed by atoms with Crippen molar-refractivity contribution >= 4 is 11.3 Å². The smallest absolute Gasteiger partial charge is 0.147 e. The summed E-state index contributed by atoms with van der Waals surface area (Å²) in [5.41, 5.74) is 0. The van der Waals surface area contributed by atoms with E-state index in [0.717, 1.165) is 38.5 Å². The first kappa shape index (κ1) is 12.8. The van der Waals surface area contributed by atoms with Crippen molar-refractivity contribution in [3.8, 4) is 0 Å². The molecule has 0 fully saturated rings. The normalized spacial score (nSPS) is 17.3. The fourth-order valence-electron chi connectivity index (χ4n) is 2.38. The Hall–Kier alpha value is -1.24. The summed E-state index contributed by atoms with van der Waals surface area (Å²) in [6, 6.07) is 4.73. The summed E-state index contributed by atoms with van der Waals surface area (Å²) in [7, 11) is 0. The number of hydrogen-bond donors (Lipinski definition) is 1. The fourth-order valence-corrected chi connectivity index (χ4v) is 3.14. The number of aromatic nitrogens is 3. The molecule has 0 spiro atoms. The SMILES string of the molecule is CC(NCCN1CCn2cnnc2C1)c1cccs1. The Morgan fingerprint density at radius 1 is 1.47 bits per heavy atom. The van der Waals surface area contributed by atoms with Gasteiger partial charge in [-0.15, -0.1) is 21.5 Å². The molecule has 0 saturated carbocycles. The number of nitrogens with one attached hydrogen (secondary N) is 1. The minimum Gasteiger partial charge on any atom is -0.315 e. The van der Waals surface area contributed by atoms with E-state index in [-0.39, 0.29) is 0 Å². The summed E-state index contributed by atoms with van der Waals surface area (Å²) >= 11 is 1.81. The molecule has 0 radical (unpaired) electrons. The van der Waals surface area contributed by atoms with Crippen LogP contribution in [-0.2, 0) is 13.1 Å². The van der Waals surface area contributed by atoms with Gasteiger partial charge in [0.25, 0.3) is 0 Å². The predicted molar refractivity (Wildman–Crippen MR) is 76.0 cm³/mol. The van der Waals surface area contributed by atoms with Gasteiger partial charge >= 0.3 is 0 Å². The highest BCUT2D eigenvalue weighted by atomic mass is 32.1. The molecular weight excluding hydrogens is 258 g/mol. The molecule has 3 rings (SSSR count). The lowest BCUT2D eigenvalue weighted by molar-refractivity contribution is 0.215. The third-order valence-corrected chi connectivity index (χ3v) is 4.62. The molecule has 1 N–H and O–H groups in total. The summed E-state index contributed by atoms with van der Waals surface area (Å²) in [5, 5.41) is 13.8. The highest BCUT2D eigenvalue weighted by molar-refractivity contribution is 7.10. The average molecular weight is 277 g/mol. The van der Waals surface area contributed by atoms with Crippen LogP contribution in [0.3, 0.4) is 0 Å². The number of thiophene rings is 1. The van der Waals surface area contributed by atoms with Crippen molar-refractivity contribution in [3.05, 3.63) is 34.5 Å². The Morgan fingerprint density at radius 3 is 3.26 bits per heavy atom. The molecule has 1 aliphatic rings. The average Bonchev–Trinajstić information content (AvgIpc) is 3.09. The molecule has 19 heavy (non-hydrogen) atoms. The second-order valence-electron chi connectivity index (χ2n) is 4.91. The first-order valence-electron chi connectivity index (χ1n) is 6.69. The van der Waals surface area contributed by atoms with E-state index in [9.17, 15) is 0 Å². The summed E-state index contributed by atoms with van der Waals surface area (Å²) < 4.78 is 2.14. The maximum absolute atomic E-state index is 4.14. The van der Waals surface area contributed by atoms with Crippen molar-refractivity contribution in [1.29, 1.82) is 0 Å². The molecule has 102 valence electrons. The highest BCUT2D eigenvalue weighted by Gasteiger charge is 2.16. The van der Waals surface area contributed by atoms with Crippen molar-refractivity contribution in [2.75, 3.05) is 19.6 Å². The molecule has 2 aromatic heterocycles. The summed E-state index contributed by atoms with van der Waals surface area (Å²) in [5.74, 6) is 1.08. The van der Waals surface area contributed by atoms with E-state index < -0.39 is 0 Å². The van der Waals surface area contributed by atoms with Gasteiger partial charge in [0.2, 0.25) is 0 Å². The van der Waals surface area contributed by atoms with Gasteiger partial charge in [0.1, 0.15) is 12.2 Å². The lowest BCUT2D eigenvalue weighted by Crippen LogP contribution is -2.38. The van der Waals surface area contributed by atoms with Crippen LogP contribution in [0.2, 0.25) is 0 Å². The van der Waals surface area contributed by atoms with Gasteiger partial charge in [-0.2, -0.15) is 0 Å². The molecule has 1 aliphatic heterocycles. The summed E-state index contributed by atoms with van der Waals surface area (Å²) in [6.07, 6.45) is 1.82. The van der Waals surface area contributed by atoms with Gasteiger partial charge in [-0.05, 0) is 18.4 Å². The molecule has 1 atom stereocenters. The minimum atomic E-state index is 0.438. The van der Waals surface area contributed by atoms with Gasteiger partial charge in [0.05, 0.1) is 6.54 Å². The Balaban J connectivity index is 1.44. The third-order valence-electron chi connectivity index (χ3n) is 3.57. The topological polar surface area (TPSA) is 46.0 Å². The Kier molecular flexibility index (Phi) is 3.91. The molecule has 0 bridgehead atoms. The largest absolute Gasteiger partial charge is 0.315 e. The van der Waals surface area contributed by atoms with E-state index in [4.69, 9.17) is 0 Å². The first-order chi connectivity index (χ1) is 9.33. The van der Waals surface area contributed by atoms with Crippen molar-refractivity contribution in [2.24, 2.45) is 0 Å². The van der Waals surface area contributed by atoms with Crippen LogP contribution >= 0.6 is 11.3 Å². The van der Waals surface area contributed by atoms with Crippen LogP contribution in [0.25, 0.3) is 0 Å². The van der Waals surface area contributed by atoms with E-state index in [0.29, 0.717) is 6.04 Å². The molecule has 0 aromatic carbocycles. The molecule has 2 aromatic rings. The Bertz CT molecular complexity index is 507. The molecular formula is C13H19N5S. The van der Waals surface area contributed by atoms with Crippen molar-refractivity contribution in [2.45, 2.75) is 26.1 Å². The van der Waals surface area contributed by atoms with Gasteiger partial charge < -0.3 is 9.88 Å². The maximum Gasteiger partial charge on any atom is 0.147 e. The first-order valence-corrected chi connectivity index (χ1v) is 7.57. The molecule has 6 heteroatoms. The van der Waals surface area contributed by atoms with Crippen LogP contribution in [0.1, 0.15) is 23.7 Å². The minimum absolute atomic E-state index is 0.438. The third kappa shape index (κ3) is 3.02. The molecule has 3 heterocycles. The zero-order chi connectivity index (χ0) is 13.1. The van der Waals surface area contributed by atoms with E-state index in [1.165, 1.54) is 4.88 Å². The Labute approximate surface area is 117 Å². The molecule has 5 nitrogen and oxygen atoms in total. The number of hydrogen-bond acceptors (Lipinski definition) is 5.